The molecule has 13 nitrogen and oxygen atoms in total. The number of carbonyl (C=O) groups excluding carboxylic acids is 1. The molecule has 184 valence electrons. The highest BCUT2D eigenvalue weighted by Gasteiger charge is 2.27. The van der Waals surface area contributed by atoms with Crippen LogP contribution in [0.1, 0.15) is 22.3 Å². The predicted octanol–water partition coefficient (Wildman–Crippen LogP) is 1.33. The Hall–Kier alpha value is -1.92. The van der Waals surface area contributed by atoms with E-state index in [4.69, 9.17) is 14.0 Å². The largest absolute Gasteiger partial charge is 0.367 e. The van der Waals surface area contributed by atoms with Crippen LogP contribution in [0.2, 0.25) is 0 Å². The lowest BCUT2D eigenvalue weighted by atomic mass is 10.0. The highest BCUT2D eigenvalue weighted by molar-refractivity contribution is 9.09. The van der Waals surface area contributed by atoms with Gasteiger partial charge in [-0.15, -0.1) is 0 Å². The van der Waals surface area contributed by atoms with Crippen LogP contribution in [-0.4, -0.2) is 85.4 Å². The maximum absolute atomic E-state index is 12.9. The molecule has 0 aromatic heterocycles. The average molecular weight is 571 g/mol. The number of rotatable bonds is 14. The first-order valence-electron chi connectivity index (χ1n) is 9.35. The molecule has 1 aromatic rings. The van der Waals surface area contributed by atoms with Crippen molar-refractivity contribution in [1.29, 1.82) is 5.26 Å². The maximum Gasteiger partial charge on any atom is 0.327 e. The quantitative estimate of drug-likeness (QED) is 0.0820. The van der Waals surface area contributed by atoms with Crippen molar-refractivity contribution in [3.63, 3.8) is 0 Å². The summed E-state index contributed by atoms with van der Waals surface area (Å²) in [5, 5.41) is 21.5. The third-order valence-electron chi connectivity index (χ3n) is 4.21. The Morgan fingerprint density at radius 1 is 1.30 bits per heavy atom. The van der Waals surface area contributed by atoms with E-state index in [0.29, 0.717) is 11.9 Å². The third kappa shape index (κ3) is 9.85. The molecule has 0 radical (unpaired) electrons. The zero-order valence-electron chi connectivity index (χ0n) is 17.9. The predicted molar refractivity (Wildman–Crippen MR) is 124 cm³/mol. The summed E-state index contributed by atoms with van der Waals surface area (Å²) < 4.78 is 31.9. The number of nitro benzene ring substituents is 1. The van der Waals surface area contributed by atoms with Crippen LogP contribution in [0.5, 0.6) is 0 Å². The number of benzene rings is 1. The van der Waals surface area contributed by atoms with Crippen LogP contribution in [0.4, 0.5) is 11.4 Å². The van der Waals surface area contributed by atoms with E-state index in [1.807, 2.05) is 6.07 Å². The van der Waals surface area contributed by atoms with Crippen LogP contribution in [0.25, 0.3) is 0 Å². The van der Waals surface area contributed by atoms with Gasteiger partial charge in [0.2, 0.25) is 0 Å². The Labute approximate surface area is 200 Å². The van der Waals surface area contributed by atoms with Crippen molar-refractivity contribution < 1.29 is 36.6 Å². The van der Waals surface area contributed by atoms with Gasteiger partial charge in [0.25, 0.3) is 21.7 Å². The van der Waals surface area contributed by atoms with Gasteiger partial charge in [-0.2, -0.15) is 13.7 Å². The minimum Gasteiger partial charge on any atom is -0.367 e. The van der Waals surface area contributed by atoms with Crippen molar-refractivity contribution >= 4 is 51.9 Å². The molecule has 0 heterocycles. The van der Waals surface area contributed by atoms with Gasteiger partial charge >= 0.3 is 8.60 Å². The van der Waals surface area contributed by atoms with Crippen molar-refractivity contribution in [1.82, 2.24) is 4.90 Å². The van der Waals surface area contributed by atoms with Gasteiger partial charge in [0.1, 0.15) is 11.6 Å². The second-order valence-electron chi connectivity index (χ2n) is 6.62. The molecule has 1 rings (SSSR count). The molecule has 0 atom stereocenters. The van der Waals surface area contributed by atoms with Crippen LogP contribution in [0, 0.1) is 21.4 Å². The molecule has 33 heavy (non-hydrogen) atoms. The van der Waals surface area contributed by atoms with Gasteiger partial charge in [-0.3, -0.25) is 19.1 Å². The molecule has 0 aliphatic rings. The van der Waals surface area contributed by atoms with E-state index in [-0.39, 0.29) is 49.5 Å². The van der Waals surface area contributed by atoms with Crippen molar-refractivity contribution in [3.05, 3.63) is 33.4 Å². The number of halogens is 1. The van der Waals surface area contributed by atoms with Gasteiger partial charge in [0.05, 0.1) is 35.6 Å². The van der Waals surface area contributed by atoms with Gasteiger partial charge in [-0.1, -0.05) is 15.9 Å². The normalized spacial score (nSPS) is 11.3. The summed E-state index contributed by atoms with van der Waals surface area (Å²) in [6.45, 7) is 0.191. The second-order valence-corrected chi connectivity index (χ2v) is 9.82. The monoisotopic (exact) mass is 570 g/mol. The molecule has 0 saturated carbocycles. The maximum atomic E-state index is 12.9. The topological polar surface area (TPSA) is 184 Å². The summed E-state index contributed by atoms with van der Waals surface area (Å²) in [6, 6.07) is 4.11. The number of nitriles is 1. The molecule has 0 fully saturated rings. The molecule has 0 unspecified atom stereocenters. The van der Waals surface area contributed by atoms with Gasteiger partial charge in [0.15, 0.2) is 0 Å². The van der Waals surface area contributed by atoms with E-state index in [1.54, 1.807) is 4.90 Å². The number of amides is 1. The van der Waals surface area contributed by atoms with Gasteiger partial charge in [-0.25, -0.2) is 0 Å². The number of anilines is 1. The Morgan fingerprint density at radius 3 is 2.48 bits per heavy atom. The molecular weight excluding hydrogens is 547 g/mol. The minimum atomic E-state index is -3.69. The number of nitro groups is 1. The van der Waals surface area contributed by atoms with Crippen molar-refractivity contribution in [2.24, 2.45) is 0 Å². The summed E-state index contributed by atoms with van der Waals surface area (Å²) in [7, 11) is -4.80. The zero-order valence-corrected chi connectivity index (χ0v) is 21.2. The molecule has 1 aromatic carbocycles. The van der Waals surface area contributed by atoms with Crippen molar-refractivity contribution in [2.75, 3.05) is 56.4 Å². The summed E-state index contributed by atoms with van der Waals surface area (Å²) in [5.41, 5.74) is -0.656. The molecule has 0 spiro atoms. The number of carbonyl (C=O) groups is 1. The SMILES string of the molecule is CN(CCCOP(O)O)C(=O)c1cc(N(CCBr)CCOS(C)(=O)=O)c(C#N)cc1[N+](=O)[O-]. The molecule has 0 bridgehead atoms. The van der Waals surface area contributed by atoms with E-state index in [0.717, 1.165) is 12.3 Å². The first-order chi connectivity index (χ1) is 15.4. The summed E-state index contributed by atoms with van der Waals surface area (Å²) in [6.07, 6.45) is 1.14. The molecule has 0 aliphatic carbocycles. The summed E-state index contributed by atoms with van der Waals surface area (Å²) in [5.74, 6) is -0.686. The number of hydrogen-bond acceptors (Lipinski definition) is 11. The Bertz CT molecular complexity index is 987. The molecule has 0 saturated heterocycles. The average Bonchev–Trinajstić information content (AvgIpc) is 2.73. The lowest BCUT2D eigenvalue weighted by Crippen LogP contribution is -2.32. The highest BCUT2D eigenvalue weighted by atomic mass is 79.9. The van der Waals surface area contributed by atoms with Gasteiger partial charge < -0.3 is 24.1 Å². The van der Waals surface area contributed by atoms with E-state index in [2.05, 4.69) is 20.5 Å². The van der Waals surface area contributed by atoms with Crippen LogP contribution in [0.15, 0.2) is 12.1 Å². The van der Waals surface area contributed by atoms with E-state index in [1.165, 1.54) is 18.0 Å². The lowest BCUT2D eigenvalue weighted by Gasteiger charge is -2.26. The van der Waals surface area contributed by atoms with Crippen LogP contribution in [0.3, 0.4) is 0 Å². The fraction of sp³-hybridized carbons (Fsp3) is 0.529. The Kier molecular flexibility index (Phi) is 12.1. The summed E-state index contributed by atoms with van der Waals surface area (Å²) in [4.78, 5) is 44.1. The molecule has 2 N–H and O–H groups in total. The van der Waals surface area contributed by atoms with Gasteiger partial charge in [-0.05, 0) is 12.5 Å². The van der Waals surface area contributed by atoms with E-state index < -0.39 is 35.2 Å². The fourth-order valence-corrected chi connectivity index (χ4v) is 3.86. The van der Waals surface area contributed by atoms with Crippen LogP contribution >= 0.6 is 24.5 Å². The van der Waals surface area contributed by atoms with Crippen molar-refractivity contribution in [3.8, 4) is 6.07 Å². The Balaban J connectivity index is 3.28. The number of alkyl halides is 1. The molecule has 1 amide bonds. The number of nitrogens with zero attached hydrogens (tertiary/aromatic N) is 4. The van der Waals surface area contributed by atoms with E-state index in [9.17, 15) is 28.6 Å². The number of hydrogen-bond donors (Lipinski definition) is 2. The van der Waals surface area contributed by atoms with Gasteiger partial charge in [0, 0.05) is 38.1 Å². The van der Waals surface area contributed by atoms with Crippen LogP contribution in [-0.2, 0) is 18.8 Å². The fourth-order valence-electron chi connectivity index (χ4n) is 2.76. The third-order valence-corrected chi connectivity index (χ3v) is 5.57. The summed E-state index contributed by atoms with van der Waals surface area (Å²) >= 11 is 3.27. The molecule has 16 heteroatoms. The smallest absolute Gasteiger partial charge is 0.327 e. The first-order valence-corrected chi connectivity index (χ1v) is 13.5. The van der Waals surface area contributed by atoms with Crippen molar-refractivity contribution in [2.45, 2.75) is 6.42 Å². The zero-order chi connectivity index (χ0) is 25.2. The standard InChI is InChI=1S/C17H24BrN4O9PS/c1-20(5-3-8-30-32(26)27)17(23)14-11-15(13(12-19)10-16(14)22(24)25)21(6-4-18)7-9-31-33(2,28)29/h10-11,26-27H,3-9H2,1-2H3. The Morgan fingerprint density at radius 2 is 1.97 bits per heavy atom. The van der Waals surface area contributed by atoms with E-state index >= 15 is 0 Å². The highest BCUT2D eigenvalue weighted by Crippen LogP contribution is 2.31. The second kappa shape index (κ2) is 13.7. The molecule has 0 aliphatic heterocycles. The minimum absolute atomic E-state index is 0.0313. The lowest BCUT2D eigenvalue weighted by molar-refractivity contribution is -0.385. The first kappa shape index (κ1) is 29.1. The van der Waals surface area contributed by atoms with Crippen LogP contribution < -0.4 is 4.90 Å². The molecular formula is C17H24BrN4O9PS.